The van der Waals surface area contributed by atoms with E-state index in [1.54, 1.807) is 18.3 Å². The molecule has 10 heteroatoms. The molecule has 1 aliphatic heterocycles. The van der Waals surface area contributed by atoms with Crippen molar-refractivity contribution in [2.45, 2.75) is 25.9 Å². The largest absolute Gasteiger partial charge is 0.378 e. The molecule has 0 bridgehead atoms. The van der Waals surface area contributed by atoms with Gasteiger partial charge in [-0.1, -0.05) is 6.07 Å². The lowest BCUT2D eigenvalue weighted by molar-refractivity contribution is 0.565. The van der Waals surface area contributed by atoms with Crippen LogP contribution in [-0.4, -0.2) is 43.4 Å². The van der Waals surface area contributed by atoms with E-state index in [0.29, 0.717) is 10.8 Å². The van der Waals surface area contributed by atoms with Crippen molar-refractivity contribution in [1.82, 2.24) is 14.9 Å². The number of anilines is 3. The van der Waals surface area contributed by atoms with Gasteiger partial charge in [0.05, 0.1) is 24.0 Å². The Morgan fingerprint density at radius 2 is 1.64 bits per heavy atom. The normalized spacial score (nSPS) is 17.3. The van der Waals surface area contributed by atoms with E-state index in [9.17, 15) is 8.42 Å². The second-order valence-corrected chi connectivity index (χ2v) is 12.1. The van der Waals surface area contributed by atoms with E-state index in [0.717, 1.165) is 46.0 Å². The third-order valence-electron chi connectivity index (χ3n) is 6.96. The van der Waals surface area contributed by atoms with Crippen molar-refractivity contribution in [2.24, 2.45) is 0 Å². The maximum Gasteiger partial charge on any atom is 0.229 e. The zero-order chi connectivity index (χ0) is 27.9. The van der Waals surface area contributed by atoms with E-state index in [2.05, 4.69) is 73.6 Å². The average molecular weight is 561 g/mol. The Balaban J connectivity index is 1.60. The summed E-state index contributed by atoms with van der Waals surface area (Å²) in [6.07, 6.45) is 2.93. The number of thiocarbonyl (C=S) groups is 1. The number of aryl methyl sites for hydroxylation is 1. The van der Waals surface area contributed by atoms with Crippen LogP contribution in [0.2, 0.25) is 0 Å². The van der Waals surface area contributed by atoms with Crippen LogP contribution in [0, 0.1) is 13.8 Å². The minimum Gasteiger partial charge on any atom is -0.378 e. The van der Waals surface area contributed by atoms with Gasteiger partial charge in [-0.15, -0.1) is 0 Å². The Hall–Kier alpha value is -3.89. The van der Waals surface area contributed by atoms with Gasteiger partial charge >= 0.3 is 0 Å². The van der Waals surface area contributed by atoms with Gasteiger partial charge in [0.15, 0.2) is 5.11 Å². The van der Waals surface area contributed by atoms with E-state index >= 15 is 0 Å². The van der Waals surface area contributed by atoms with Gasteiger partial charge in [0.25, 0.3) is 0 Å². The summed E-state index contributed by atoms with van der Waals surface area (Å²) < 4.78 is 28.2. The van der Waals surface area contributed by atoms with Gasteiger partial charge in [-0.25, -0.2) is 8.42 Å². The monoisotopic (exact) mass is 560 g/mol. The third-order valence-corrected chi connectivity index (χ3v) is 7.88. The van der Waals surface area contributed by atoms with Gasteiger partial charge in [0.1, 0.15) is 0 Å². The number of rotatable bonds is 7. The molecule has 1 saturated heterocycles. The summed E-state index contributed by atoms with van der Waals surface area (Å²) in [5.74, 6) is 0. The van der Waals surface area contributed by atoms with Crippen LogP contribution in [-0.2, 0) is 10.0 Å². The minimum atomic E-state index is -3.38. The van der Waals surface area contributed by atoms with Crippen LogP contribution >= 0.6 is 12.2 Å². The number of sulfonamides is 1. The molecule has 3 heterocycles. The van der Waals surface area contributed by atoms with Crippen LogP contribution in [0.1, 0.15) is 34.7 Å². The van der Waals surface area contributed by atoms with Gasteiger partial charge in [-0.05, 0) is 98.4 Å². The summed E-state index contributed by atoms with van der Waals surface area (Å²) in [5, 5.41) is 4.09. The van der Waals surface area contributed by atoms with E-state index in [4.69, 9.17) is 12.2 Å². The molecule has 0 unspecified atom stereocenters. The van der Waals surface area contributed by atoms with Crippen LogP contribution in [0.25, 0.3) is 5.69 Å². The van der Waals surface area contributed by atoms with Crippen molar-refractivity contribution in [1.29, 1.82) is 0 Å². The molecular formula is C29H32N6O2S2. The smallest absolute Gasteiger partial charge is 0.229 e. The molecule has 2 aromatic heterocycles. The maximum atomic E-state index is 11.7. The second-order valence-electron chi connectivity index (χ2n) is 9.99. The van der Waals surface area contributed by atoms with Crippen LogP contribution in [0.3, 0.4) is 0 Å². The summed E-state index contributed by atoms with van der Waals surface area (Å²) in [5.41, 5.74) is 7.84. The highest BCUT2D eigenvalue weighted by molar-refractivity contribution is 7.92. The molecule has 202 valence electrons. The highest BCUT2D eigenvalue weighted by atomic mass is 32.2. The zero-order valence-corrected chi connectivity index (χ0v) is 24.2. The third kappa shape index (κ3) is 5.35. The number of hydrogen-bond acceptors (Lipinski definition) is 5. The zero-order valence-electron chi connectivity index (χ0n) is 22.6. The van der Waals surface area contributed by atoms with Crippen LogP contribution in [0.4, 0.5) is 17.1 Å². The quantitative estimate of drug-likeness (QED) is 0.304. The fourth-order valence-electron chi connectivity index (χ4n) is 5.24. The predicted molar refractivity (Wildman–Crippen MR) is 162 cm³/mol. The Kier molecular flexibility index (Phi) is 7.09. The molecule has 1 fully saturated rings. The maximum absolute atomic E-state index is 11.7. The molecule has 39 heavy (non-hydrogen) atoms. The fourth-order valence-corrected chi connectivity index (χ4v) is 6.15. The number of nitrogens with one attached hydrogen (secondary N) is 2. The predicted octanol–water partition coefficient (Wildman–Crippen LogP) is 5.10. The number of aromatic nitrogens is 2. The summed E-state index contributed by atoms with van der Waals surface area (Å²) in [7, 11) is 0.691. The summed E-state index contributed by atoms with van der Waals surface area (Å²) in [4.78, 5) is 8.84. The molecule has 2 N–H and O–H groups in total. The summed E-state index contributed by atoms with van der Waals surface area (Å²) in [6.45, 7) is 4.25. The van der Waals surface area contributed by atoms with Crippen LogP contribution in [0.15, 0.2) is 79.0 Å². The summed E-state index contributed by atoms with van der Waals surface area (Å²) in [6, 6.07) is 23.5. The van der Waals surface area contributed by atoms with E-state index in [1.165, 1.54) is 0 Å². The molecule has 5 rings (SSSR count). The fraction of sp³-hybridized carbons (Fsp3) is 0.241. The molecule has 0 aliphatic carbocycles. The molecular weight excluding hydrogens is 528 g/mol. The van der Waals surface area contributed by atoms with E-state index in [-0.39, 0.29) is 12.1 Å². The van der Waals surface area contributed by atoms with Crippen LogP contribution < -0.4 is 19.8 Å². The van der Waals surface area contributed by atoms with Gasteiger partial charge < -0.3 is 19.7 Å². The van der Waals surface area contributed by atoms with Crippen molar-refractivity contribution < 1.29 is 8.42 Å². The Morgan fingerprint density at radius 3 is 2.23 bits per heavy atom. The van der Waals surface area contributed by atoms with Crippen molar-refractivity contribution in [2.75, 3.05) is 34.9 Å². The number of benzene rings is 2. The molecule has 0 saturated carbocycles. The van der Waals surface area contributed by atoms with Gasteiger partial charge in [0, 0.05) is 54.4 Å². The first-order chi connectivity index (χ1) is 18.5. The van der Waals surface area contributed by atoms with Gasteiger partial charge in [0.2, 0.25) is 10.0 Å². The molecule has 4 aromatic rings. The van der Waals surface area contributed by atoms with Crippen LogP contribution in [0.5, 0.6) is 0 Å². The second kappa shape index (κ2) is 10.3. The molecule has 2 atom stereocenters. The lowest BCUT2D eigenvalue weighted by Crippen LogP contribution is -2.29. The van der Waals surface area contributed by atoms with Crippen molar-refractivity contribution in [3.8, 4) is 5.69 Å². The molecule has 0 amide bonds. The Morgan fingerprint density at radius 1 is 0.974 bits per heavy atom. The Bertz CT molecular complexity index is 1600. The molecule has 1 aliphatic rings. The standard InChI is InChI=1S/C29H32N6O2S2/c1-19-18-25(20(2)34(19)23-15-13-22(14-16-23)33(3)4)28-27(26-8-6-7-17-30-26)31-29(38)35(28)24-11-9-21(10-12-24)32-39(5,36)37/h6-18,27-28,32H,1-5H3,(H,31,38)/t27-,28+/m0/s1. The topological polar surface area (TPSA) is 82.5 Å². The highest BCUT2D eigenvalue weighted by Gasteiger charge is 2.42. The first-order valence-corrected chi connectivity index (χ1v) is 14.9. The van der Waals surface area contributed by atoms with Gasteiger partial charge in [-0.3, -0.25) is 9.71 Å². The number of pyridine rings is 1. The number of nitrogens with zero attached hydrogens (tertiary/aromatic N) is 4. The van der Waals surface area contributed by atoms with Crippen molar-refractivity contribution in [3.63, 3.8) is 0 Å². The molecule has 0 radical (unpaired) electrons. The SMILES string of the molecule is Cc1cc([C@@H]2[C@H](c3ccccn3)NC(=S)N2c2ccc(NS(C)(=O)=O)cc2)c(C)n1-c1ccc(N(C)C)cc1. The highest BCUT2D eigenvalue weighted by Crippen LogP contribution is 2.44. The van der Waals surface area contributed by atoms with Crippen molar-refractivity contribution >= 4 is 44.4 Å². The molecule has 0 spiro atoms. The average Bonchev–Trinajstić information content (AvgIpc) is 3.39. The first-order valence-electron chi connectivity index (χ1n) is 12.6. The molecule has 2 aromatic carbocycles. The van der Waals surface area contributed by atoms with Crippen molar-refractivity contribution in [3.05, 3.63) is 102 Å². The van der Waals surface area contributed by atoms with Gasteiger partial charge in [-0.2, -0.15) is 0 Å². The number of hydrogen-bond donors (Lipinski definition) is 2. The first kappa shape index (κ1) is 26.7. The molecule has 8 nitrogen and oxygen atoms in total. The lowest BCUT2D eigenvalue weighted by atomic mass is 9.96. The minimum absolute atomic E-state index is 0.179. The van der Waals surface area contributed by atoms with E-state index in [1.807, 2.05) is 44.4 Å². The Labute approximate surface area is 235 Å². The lowest BCUT2D eigenvalue weighted by Gasteiger charge is -2.28. The summed E-state index contributed by atoms with van der Waals surface area (Å²) >= 11 is 5.88. The van der Waals surface area contributed by atoms with E-state index < -0.39 is 10.0 Å².